The molecule has 0 radical (unpaired) electrons. The molecule has 45 heavy (non-hydrogen) atoms. The summed E-state index contributed by atoms with van der Waals surface area (Å²) in [6.07, 6.45) is -0.626. The van der Waals surface area contributed by atoms with Crippen LogP contribution in [0.5, 0.6) is 5.75 Å². The SMILES string of the molecule is COc1ccc(CN(C(=O)[C@H](Cc2ccccc2)NC(=O)OCc2ccccc2)C(C)(C)C(=O)NCC(=O)OC(C)(C)C)cc1. The highest BCUT2D eigenvalue weighted by Gasteiger charge is 2.41. The molecule has 0 saturated carbocycles. The minimum absolute atomic E-state index is 0.0209. The van der Waals surface area contributed by atoms with Crippen molar-refractivity contribution in [2.75, 3.05) is 13.7 Å². The van der Waals surface area contributed by atoms with E-state index in [-0.39, 0.29) is 26.1 Å². The quantitative estimate of drug-likeness (QED) is 0.264. The van der Waals surface area contributed by atoms with Crippen molar-refractivity contribution in [3.05, 3.63) is 102 Å². The highest BCUT2D eigenvalue weighted by atomic mass is 16.6. The summed E-state index contributed by atoms with van der Waals surface area (Å²) in [6.45, 7) is 8.05. The van der Waals surface area contributed by atoms with Gasteiger partial charge in [-0.1, -0.05) is 72.8 Å². The van der Waals surface area contributed by atoms with Crippen LogP contribution in [0.25, 0.3) is 0 Å². The van der Waals surface area contributed by atoms with Crippen LogP contribution < -0.4 is 15.4 Å². The second kappa shape index (κ2) is 15.7. The van der Waals surface area contributed by atoms with Crippen molar-refractivity contribution in [3.63, 3.8) is 0 Å². The molecule has 0 heterocycles. The van der Waals surface area contributed by atoms with Gasteiger partial charge in [-0.2, -0.15) is 0 Å². The molecule has 0 aliphatic carbocycles. The predicted octanol–water partition coefficient (Wildman–Crippen LogP) is 4.80. The molecule has 0 spiro atoms. The summed E-state index contributed by atoms with van der Waals surface area (Å²) in [5, 5.41) is 5.34. The molecule has 2 N–H and O–H groups in total. The molecule has 10 heteroatoms. The van der Waals surface area contributed by atoms with Crippen molar-refractivity contribution in [2.45, 2.75) is 71.4 Å². The van der Waals surface area contributed by atoms with Gasteiger partial charge >= 0.3 is 12.1 Å². The number of rotatable bonds is 13. The zero-order valence-corrected chi connectivity index (χ0v) is 26.8. The molecule has 3 aromatic rings. The van der Waals surface area contributed by atoms with Gasteiger partial charge in [0.05, 0.1) is 7.11 Å². The van der Waals surface area contributed by atoms with Gasteiger partial charge in [0.15, 0.2) is 0 Å². The Balaban J connectivity index is 1.90. The Labute approximate surface area is 265 Å². The maximum Gasteiger partial charge on any atom is 0.408 e. The third kappa shape index (κ3) is 11.0. The molecule has 0 aromatic heterocycles. The van der Waals surface area contributed by atoms with Gasteiger partial charge in [0.1, 0.15) is 36.1 Å². The summed E-state index contributed by atoms with van der Waals surface area (Å²) in [6, 6.07) is 24.5. The second-order valence-electron chi connectivity index (χ2n) is 12.0. The lowest BCUT2D eigenvalue weighted by molar-refractivity contribution is -0.155. The first-order valence-corrected chi connectivity index (χ1v) is 14.7. The van der Waals surface area contributed by atoms with Crippen LogP contribution in [-0.2, 0) is 43.4 Å². The van der Waals surface area contributed by atoms with Crippen LogP contribution in [0.4, 0.5) is 4.79 Å². The summed E-state index contributed by atoms with van der Waals surface area (Å²) >= 11 is 0. The van der Waals surface area contributed by atoms with E-state index in [9.17, 15) is 19.2 Å². The molecule has 3 aromatic carbocycles. The summed E-state index contributed by atoms with van der Waals surface area (Å²) in [4.78, 5) is 54.8. The molecular weight excluding hydrogens is 574 g/mol. The predicted molar refractivity (Wildman–Crippen MR) is 170 cm³/mol. The number of amides is 3. The average Bonchev–Trinajstić information content (AvgIpc) is 3.01. The van der Waals surface area contributed by atoms with Gasteiger partial charge in [0.2, 0.25) is 11.8 Å². The highest BCUT2D eigenvalue weighted by Crippen LogP contribution is 2.23. The number of alkyl carbamates (subject to hydrolysis) is 1. The average molecular weight is 618 g/mol. The van der Waals surface area contributed by atoms with Gasteiger partial charge in [0, 0.05) is 13.0 Å². The molecule has 3 rings (SSSR count). The van der Waals surface area contributed by atoms with Gasteiger partial charge in [-0.25, -0.2) is 4.79 Å². The summed E-state index contributed by atoms with van der Waals surface area (Å²) < 4.78 is 16.0. The summed E-state index contributed by atoms with van der Waals surface area (Å²) in [5.74, 6) is -1.05. The van der Waals surface area contributed by atoms with Gasteiger partial charge < -0.3 is 29.7 Å². The van der Waals surface area contributed by atoms with Crippen molar-refractivity contribution in [1.29, 1.82) is 0 Å². The number of benzene rings is 3. The molecule has 240 valence electrons. The Kier molecular flexibility index (Phi) is 12.1. The van der Waals surface area contributed by atoms with Gasteiger partial charge in [0.25, 0.3) is 0 Å². The minimum atomic E-state index is -1.45. The number of hydrogen-bond donors (Lipinski definition) is 2. The smallest absolute Gasteiger partial charge is 0.408 e. The number of carbonyl (C=O) groups excluding carboxylic acids is 4. The standard InChI is InChI=1S/C35H43N3O7/c1-34(2,3)45-30(39)22-36-32(41)35(4,5)38(23-26-17-19-28(43-6)20-18-26)31(40)29(21-25-13-9-7-10-14-25)37-33(42)44-24-27-15-11-8-12-16-27/h7-20,29H,21-24H2,1-6H3,(H,36,41)(H,37,42)/t29-/m0/s1. The van der Waals surface area contributed by atoms with Crippen molar-refractivity contribution < 1.29 is 33.4 Å². The van der Waals surface area contributed by atoms with Gasteiger partial charge in [-0.05, 0) is 63.4 Å². The van der Waals surface area contributed by atoms with Crippen molar-refractivity contribution in [1.82, 2.24) is 15.5 Å². The maximum absolute atomic E-state index is 14.4. The maximum atomic E-state index is 14.4. The Bertz CT molecular complexity index is 1420. The molecule has 0 saturated heterocycles. The van der Waals surface area contributed by atoms with Crippen LogP contribution >= 0.6 is 0 Å². The Morgan fingerprint density at radius 3 is 1.91 bits per heavy atom. The zero-order chi connectivity index (χ0) is 33.0. The molecule has 1 atom stereocenters. The zero-order valence-electron chi connectivity index (χ0n) is 26.8. The largest absolute Gasteiger partial charge is 0.497 e. The first-order chi connectivity index (χ1) is 21.3. The van der Waals surface area contributed by atoms with E-state index in [1.54, 1.807) is 66.0 Å². The lowest BCUT2D eigenvalue weighted by atomic mass is 9.96. The van der Waals surface area contributed by atoms with Crippen LogP contribution in [0.3, 0.4) is 0 Å². The Morgan fingerprint density at radius 1 is 0.778 bits per heavy atom. The number of nitrogens with one attached hydrogen (secondary N) is 2. The molecule has 0 aliphatic rings. The van der Waals surface area contributed by atoms with E-state index in [4.69, 9.17) is 14.2 Å². The van der Waals surface area contributed by atoms with E-state index >= 15 is 0 Å². The van der Waals surface area contributed by atoms with Crippen molar-refractivity contribution >= 4 is 23.9 Å². The number of nitrogens with zero attached hydrogens (tertiary/aromatic N) is 1. The van der Waals surface area contributed by atoms with E-state index in [0.717, 1.165) is 16.7 Å². The third-order valence-electron chi connectivity index (χ3n) is 6.90. The lowest BCUT2D eigenvalue weighted by Crippen LogP contribution is -2.61. The number of methoxy groups -OCH3 is 1. The summed E-state index contributed by atoms with van der Waals surface area (Å²) in [7, 11) is 1.56. The lowest BCUT2D eigenvalue weighted by Gasteiger charge is -2.39. The molecular formula is C35H43N3O7. The fourth-order valence-electron chi connectivity index (χ4n) is 4.48. The van der Waals surface area contributed by atoms with Crippen LogP contribution in [0.1, 0.15) is 51.3 Å². The van der Waals surface area contributed by atoms with E-state index in [1.165, 1.54) is 4.90 Å². The minimum Gasteiger partial charge on any atom is -0.497 e. The number of esters is 1. The second-order valence-corrected chi connectivity index (χ2v) is 12.0. The number of hydrogen-bond acceptors (Lipinski definition) is 7. The molecule has 0 unspecified atom stereocenters. The van der Waals surface area contributed by atoms with E-state index in [1.807, 2.05) is 60.7 Å². The van der Waals surface area contributed by atoms with Crippen LogP contribution in [0.15, 0.2) is 84.9 Å². The molecule has 0 fully saturated rings. The molecule has 3 amide bonds. The van der Waals surface area contributed by atoms with E-state index in [0.29, 0.717) is 5.75 Å². The molecule has 0 aliphatic heterocycles. The molecule has 10 nitrogen and oxygen atoms in total. The monoisotopic (exact) mass is 617 g/mol. The molecule has 0 bridgehead atoms. The highest BCUT2D eigenvalue weighted by molar-refractivity contribution is 5.95. The number of carbonyl (C=O) groups is 4. The normalized spacial score (nSPS) is 12.0. The van der Waals surface area contributed by atoms with E-state index < -0.39 is 41.1 Å². The Morgan fingerprint density at radius 2 is 1.36 bits per heavy atom. The van der Waals surface area contributed by atoms with Crippen LogP contribution in [0.2, 0.25) is 0 Å². The van der Waals surface area contributed by atoms with Crippen LogP contribution in [0, 0.1) is 0 Å². The first kappa shape index (κ1) is 34.6. The fourth-order valence-corrected chi connectivity index (χ4v) is 4.48. The Hall–Kier alpha value is -4.86. The van der Waals surface area contributed by atoms with Crippen molar-refractivity contribution in [3.8, 4) is 5.75 Å². The first-order valence-electron chi connectivity index (χ1n) is 14.7. The van der Waals surface area contributed by atoms with Crippen molar-refractivity contribution in [2.24, 2.45) is 0 Å². The fraction of sp³-hybridized carbons (Fsp3) is 0.371. The van der Waals surface area contributed by atoms with Crippen LogP contribution in [-0.4, -0.2) is 59.6 Å². The topological polar surface area (TPSA) is 123 Å². The van der Waals surface area contributed by atoms with Gasteiger partial charge in [-0.3, -0.25) is 14.4 Å². The van der Waals surface area contributed by atoms with E-state index in [2.05, 4.69) is 10.6 Å². The van der Waals surface area contributed by atoms with Gasteiger partial charge in [-0.15, -0.1) is 0 Å². The number of ether oxygens (including phenoxy) is 3. The summed E-state index contributed by atoms with van der Waals surface area (Å²) in [5.41, 5.74) is 0.142. The third-order valence-corrected chi connectivity index (χ3v) is 6.90.